The first-order chi connectivity index (χ1) is 8.56. The number of hydrogen-bond acceptors (Lipinski definition) is 2. The zero-order valence-electron chi connectivity index (χ0n) is 11.5. The molecule has 0 radical (unpaired) electrons. The third-order valence-corrected chi connectivity index (χ3v) is 3.83. The highest BCUT2D eigenvalue weighted by Crippen LogP contribution is 2.28. The van der Waals surface area contributed by atoms with Crippen LogP contribution in [0, 0.1) is 19.8 Å². The fourth-order valence-electron chi connectivity index (χ4n) is 2.74. The van der Waals surface area contributed by atoms with Gasteiger partial charge in [0.15, 0.2) is 0 Å². The summed E-state index contributed by atoms with van der Waals surface area (Å²) in [4.78, 5) is 2.39. The smallest absolute Gasteiger partial charge is 0.125 e. The summed E-state index contributed by atoms with van der Waals surface area (Å²) in [6.07, 6.45) is 2.55. The van der Waals surface area contributed by atoms with Gasteiger partial charge in [0, 0.05) is 17.5 Å². The van der Waals surface area contributed by atoms with Crippen LogP contribution < -0.4 is 4.74 Å². The van der Waals surface area contributed by atoms with Crippen molar-refractivity contribution < 1.29 is 4.74 Å². The van der Waals surface area contributed by atoms with Crippen molar-refractivity contribution in [3.63, 3.8) is 0 Å². The number of ether oxygens (including phenoxy) is 1. The minimum Gasteiger partial charge on any atom is -0.493 e. The van der Waals surface area contributed by atoms with Crippen molar-refractivity contribution in [2.24, 2.45) is 5.92 Å². The Balaban J connectivity index is 1.97. The summed E-state index contributed by atoms with van der Waals surface area (Å²) in [5.41, 5.74) is 2.26. The molecule has 0 amide bonds. The SMILES string of the molecule is Cc1cc(Cl)cc(C)c1OCC1CCCN(C)C1. The standard InChI is InChI=1S/C15H22ClNO/c1-11-7-14(16)8-12(2)15(11)18-10-13-5-4-6-17(3)9-13/h7-8,13H,4-6,9-10H2,1-3H3. The van der Waals surface area contributed by atoms with Crippen molar-refractivity contribution in [2.45, 2.75) is 26.7 Å². The topological polar surface area (TPSA) is 12.5 Å². The highest BCUT2D eigenvalue weighted by Gasteiger charge is 2.18. The molecule has 0 bridgehead atoms. The van der Waals surface area contributed by atoms with E-state index in [1.165, 1.54) is 19.4 Å². The first-order valence-electron chi connectivity index (χ1n) is 6.64. The van der Waals surface area contributed by atoms with Crippen LogP contribution in [0.15, 0.2) is 12.1 Å². The number of hydrogen-bond donors (Lipinski definition) is 0. The summed E-state index contributed by atoms with van der Waals surface area (Å²) in [6, 6.07) is 3.94. The second-order valence-corrected chi connectivity index (χ2v) is 5.89. The number of benzene rings is 1. The molecule has 0 aromatic heterocycles. The van der Waals surface area contributed by atoms with E-state index >= 15 is 0 Å². The van der Waals surface area contributed by atoms with E-state index < -0.39 is 0 Å². The third-order valence-electron chi connectivity index (χ3n) is 3.61. The Morgan fingerprint density at radius 3 is 2.61 bits per heavy atom. The highest BCUT2D eigenvalue weighted by atomic mass is 35.5. The van der Waals surface area contributed by atoms with Crippen molar-refractivity contribution in [1.82, 2.24) is 4.90 Å². The van der Waals surface area contributed by atoms with Gasteiger partial charge in [0.25, 0.3) is 0 Å². The minimum absolute atomic E-state index is 0.651. The maximum absolute atomic E-state index is 6.03. The van der Waals surface area contributed by atoms with Crippen LogP contribution in [0.25, 0.3) is 0 Å². The van der Waals surface area contributed by atoms with Crippen LogP contribution in [0.3, 0.4) is 0 Å². The van der Waals surface area contributed by atoms with Crippen LogP contribution in [0.1, 0.15) is 24.0 Å². The summed E-state index contributed by atoms with van der Waals surface area (Å²) in [7, 11) is 2.19. The molecule has 1 aromatic carbocycles. The van der Waals surface area contributed by atoms with Gasteiger partial charge in [0.05, 0.1) is 6.61 Å². The molecule has 0 saturated carbocycles. The fourth-order valence-corrected chi connectivity index (χ4v) is 3.06. The molecule has 1 fully saturated rings. The maximum atomic E-state index is 6.03. The maximum Gasteiger partial charge on any atom is 0.125 e. The lowest BCUT2D eigenvalue weighted by molar-refractivity contribution is 0.149. The van der Waals surface area contributed by atoms with Crippen molar-refractivity contribution in [1.29, 1.82) is 0 Å². The van der Waals surface area contributed by atoms with E-state index in [-0.39, 0.29) is 0 Å². The average molecular weight is 268 g/mol. The Hall–Kier alpha value is -0.730. The predicted molar refractivity (Wildman–Crippen MR) is 76.6 cm³/mol. The number of piperidine rings is 1. The zero-order chi connectivity index (χ0) is 13.1. The Labute approximate surface area is 115 Å². The number of rotatable bonds is 3. The van der Waals surface area contributed by atoms with Crippen LogP contribution >= 0.6 is 11.6 Å². The minimum atomic E-state index is 0.651. The molecule has 1 saturated heterocycles. The van der Waals surface area contributed by atoms with E-state index in [1.54, 1.807) is 0 Å². The summed E-state index contributed by atoms with van der Waals surface area (Å²) in [5.74, 6) is 1.66. The van der Waals surface area contributed by atoms with Gasteiger partial charge in [0.1, 0.15) is 5.75 Å². The van der Waals surface area contributed by atoms with E-state index in [0.29, 0.717) is 5.92 Å². The van der Waals surface area contributed by atoms with Gasteiger partial charge in [-0.25, -0.2) is 0 Å². The van der Waals surface area contributed by atoms with Gasteiger partial charge in [-0.3, -0.25) is 0 Å². The monoisotopic (exact) mass is 267 g/mol. The fraction of sp³-hybridized carbons (Fsp3) is 0.600. The van der Waals surface area contributed by atoms with E-state index in [2.05, 4.69) is 25.8 Å². The van der Waals surface area contributed by atoms with Gasteiger partial charge in [-0.2, -0.15) is 0 Å². The predicted octanol–water partition coefficient (Wildman–Crippen LogP) is 3.68. The summed E-state index contributed by atoms with van der Waals surface area (Å²) in [6.45, 7) is 7.29. The second kappa shape index (κ2) is 5.94. The van der Waals surface area contributed by atoms with Gasteiger partial charge in [-0.1, -0.05) is 11.6 Å². The molecule has 0 aliphatic carbocycles. The summed E-state index contributed by atoms with van der Waals surface area (Å²) < 4.78 is 6.03. The molecule has 1 aromatic rings. The van der Waals surface area contributed by atoms with Gasteiger partial charge in [-0.15, -0.1) is 0 Å². The van der Waals surface area contributed by atoms with Gasteiger partial charge >= 0.3 is 0 Å². The van der Waals surface area contributed by atoms with E-state index in [4.69, 9.17) is 16.3 Å². The molecule has 1 atom stereocenters. The van der Waals surface area contributed by atoms with Gasteiger partial charge < -0.3 is 9.64 Å². The Morgan fingerprint density at radius 2 is 2.00 bits per heavy atom. The number of nitrogens with zero attached hydrogens (tertiary/aromatic N) is 1. The quantitative estimate of drug-likeness (QED) is 0.828. The average Bonchev–Trinajstić information content (AvgIpc) is 2.27. The number of halogens is 1. The first kappa shape index (κ1) is 13.7. The molecule has 0 spiro atoms. The highest BCUT2D eigenvalue weighted by molar-refractivity contribution is 6.30. The molecule has 2 rings (SSSR count). The third kappa shape index (κ3) is 3.39. The zero-order valence-corrected chi connectivity index (χ0v) is 12.3. The Morgan fingerprint density at radius 1 is 1.33 bits per heavy atom. The normalized spacial score (nSPS) is 21.0. The molecule has 0 N–H and O–H groups in total. The van der Waals surface area contributed by atoms with Crippen LogP contribution in [0.4, 0.5) is 0 Å². The molecule has 100 valence electrons. The van der Waals surface area contributed by atoms with E-state index in [0.717, 1.165) is 35.1 Å². The first-order valence-corrected chi connectivity index (χ1v) is 7.02. The molecule has 1 heterocycles. The largest absolute Gasteiger partial charge is 0.493 e. The number of aryl methyl sites for hydroxylation is 2. The van der Waals surface area contributed by atoms with Crippen molar-refractivity contribution >= 4 is 11.6 Å². The molecule has 1 aliphatic rings. The van der Waals surface area contributed by atoms with E-state index in [9.17, 15) is 0 Å². The second-order valence-electron chi connectivity index (χ2n) is 5.45. The van der Waals surface area contributed by atoms with Crippen molar-refractivity contribution in [3.8, 4) is 5.75 Å². The molecule has 1 unspecified atom stereocenters. The molecule has 2 nitrogen and oxygen atoms in total. The molecular formula is C15H22ClNO. The lowest BCUT2D eigenvalue weighted by Gasteiger charge is -2.29. The number of likely N-dealkylation sites (tertiary alicyclic amines) is 1. The Bertz CT molecular complexity index is 396. The lowest BCUT2D eigenvalue weighted by Crippen LogP contribution is -2.34. The molecule has 18 heavy (non-hydrogen) atoms. The molecular weight excluding hydrogens is 246 g/mol. The van der Waals surface area contributed by atoms with Crippen molar-refractivity contribution in [2.75, 3.05) is 26.7 Å². The van der Waals surface area contributed by atoms with Crippen LogP contribution in [-0.2, 0) is 0 Å². The van der Waals surface area contributed by atoms with Gasteiger partial charge in [-0.05, 0) is 63.5 Å². The van der Waals surface area contributed by atoms with Gasteiger partial charge in [0.2, 0.25) is 0 Å². The van der Waals surface area contributed by atoms with E-state index in [1.807, 2.05) is 12.1 Å². The molecule has 1 aliphatic heterocycles. The van der Waals surface area contributed by atoms with Crippen LogP contribution in [-0.4, -0.2) is 31.6 Å². The lowest BCUT2D eigenvalue weighted by atomic mass is 9.99. The Kier molecular flexibility index (Phi) is 4.52. The van der Waals surface area contributed by atoms with Crippen molar-refractivity contribution in [3.05, 3.63) is 28.3 Å². The summed E-state index contributed by atoms with van der Waals surface area (Å²) in [5, 5.41) is 0.787. The van der Waals surface area contributed by atoms with Crippen LogP contribution in [0.5, 0.6) is 5.75 Å². The molecule has 3 heteroatoms. The summed E-state index contributed by atoms with van der Waals surface area (Å²) >= 11 is 6.03. The van der Waals surface area contributed by atoms with Crippen LogP contribution in [0.2, 0.25) is 5.02 Å².